The second kappa shape index (κ2) is 6.23. The van der Waals surface area contributed by atoms with Gasteiger partial charge in [-0.15, -0.1) is 0 Å². The van der Waals surface area contributed by atoms with Crippen molar-refractivity contribution in [3.8, 4) is 0 Å². The Bertz CT molecular complexity index is 661. The van der Waals surface area contributed by atoms with Crippen molar-refractivity contribution in [3.63, 3.8) is 0 Å². The summed E-state index contributed by atoms with van der Waals surface area (Å²) in [4.78, 5) is 10.7. The molecule has 1 saturated heterocycles. The van der Waals surface area contributed by atoms with E-state index in [-0.39, 0.29) is 12.3 Å². The molecule has 22 heavy (non-hydrogen) atoms. The highest BCUT2D eigenvalue weighted by Gasteiger charge is 2.40. The van der Waals surface area contributed by atoms with Crippen molar-refractivity contribution in [3.05, 3.63) is 75.8 Å². The average molecular weight is 301 g/mol. The summed E-state index contributed by atoms with van der Waals surface area (Å²) < 4.78 is 11.5. The summed E-state index contributed by atoms with van der Waals surface area (Å²) in [7, 11) is 0. The van der Waals surface area contributed by atoms with E-state index in [9.17, 15) is 15.2 Å². The number of nitro groups is 1. The first kappa shape index (κ1) is 14.6. The molecule has 114 valence electrons. The molecular formula is C16H15NO5. The van der Waals surface area contributed by atoms with Crippen LogP contribution in [0.1, 0.15) is 23.5 Å². The van der Waals surface area contributed by atoms with E-state index in [1.54, 1.807) is 18.2 Å². The van der Waals surface area contributed by atoms with Crippen LogP contribution in [0.2, 0.25) is 0 Å². The Morgan fingerprint density at radius 2 is 1.73 bits per heavy atom. The number of benzene rings is 2. The standard InChI is InChI=1S/C16H15NO5/c18-10-14-15(12-8-4-5-9-13(12)17(19)20)22-16(21-14)11-6-2-1-3-7-11/h1-9,14-16,18H,10H2/t14-,15-,16+/m1/s1. The highest BCUT2D eigenvalue weighted by Crippen LogP contribution is 2.42. The quantitative estimate of drug-likeness (QED) is 0.693. The van der Waals surface area contributed by atoms with E-state index in [4.69, 9.17) is 9.47 Å². The molecule has 0 bridgehead atoms. The molecule has 1 aliphatic heterocycles. The summed E-state index contributed by atoms with van der Waals surface area (Å²) in [5, 5.41) is 20.7. The fourth-order valence-corrected chi connectivity index (χ4v) is 2.56. The van der Waals surface area contributed by atoms with Gasteiger partial charge in [-0.05, 0) is 6.07 Å². The van der Waals surface area contributed by atoms with Crippen LogP contribution in [0.3, 0.4) is 0 Å². The molecule has 1 fully saturated rings. The number of nitrogens with zero attached hydrogens (tertiary/aromatic N) is 1. The SMILES string of the molecule is O=[N+]([O-])c1ccccc1[C@H]1O[C@@H](c2ccccc2)O[C@@H]1CO. The van der Waals surface area contributed by atoms with E-state index in [1.165, 1.54) is 6.07 Å². The normalized spacial score (nSPS) is 24.3. The van der Waals surface area contributed by atoms with Crippen LogP contribution in [-0.4, -0.2) is 22.7 Å². The highest BCUT2D eigenvalue weighted by molar-refractivity contribution is 5.42. The Morgan fingerprint density at radius 3 is 2.41 bits per heavy atom. The van der Waals surface area contributed by atoms with E-state index in [0.29, 0.717) is 5.56 Å². The van der Waals surface area contributed by atoms with Crippen LogP contribution in [0, 0.1) is 10.1 Å². The van der Waals surface area contributed by atoms with Gasteiger partial charge in [0.15, 0.2) is 6.29 Å². The topological polar surface area (TPSA) is 81.8 Å². The predicted octanol–water partition coefficient (Wildman–Crippen LogP) is 2.74. The zero-order valence-corrected chi connectivity index (χ0v) is 11.7. The lowest BCUT2D eigenvalue weighted by molar-refractivity contribution is -0.386. The minimum absolute atomic E-state index is 0.0386. The lowest BCUT2D eigenvalue weighted by Gasteiger charge is -2.14. The van der Waals surface area contributed by atoms with Gasteiger partial charge in [0.2, 0.25) is 0 Å². The van der Waals surface area contributed by atoms with Gasteiger partial charge in [-0.2, -0.15) is 0 Å². The van der Waals surface area contributed by atoms with Crippen LogP contribution in [0.5, 0.6) is 0 Å². The largest absolute Gasteiger partial charge is 0.394 e. The van der Waals surface area contributed by atoms with E-state index >= 15 is 0 Å². The Morgan fingerprint density at radius 1 is 1.05 bits per heavy atom. The van der Waals surface area contributed by atoms with E-state index in [1.807, 2.05) is 30.3 Å². The van der Waals surface area contributed by atoms with Gasteiger partial charge >= 0.3 is 0 Å². The van der Waals surface area contributed by atoms with Crippen molar-refractivity contribution in [2.24, 2.45) is 0 Å². The Hall–Kier alpha value is -2.28. The molecule has 0 amide bonds. The van der Waals surface area contributed by atoms with Crippen LogP contribution in [-0.2, 0) is 9.47 Å². The van der Waals surface area contributed by atoms with E-state index < -0.39 is 23.4 Å². The van der Waals surface area contributed by atoms with Gasteiger partial charge in [0.1, 0.15) is 12.2 Å². The van der Waals surface area contributed by atoms with Gasteiger partial charge < -0.3 is 14.6 Å². The van der Waals surface area contributed by atoms with Gasteiger partial charge in [0.05, 0.1) is 17.1 Å². The molecule has 6 heteroatoms. The monoisotopic (exact) mass is 301 g/mol. The molecule has 3 atom stereocenters. The number of hydrogen-bond donors (Lipinski definition) is 1. The van der Waals surface area contributed by atoms with Crippen LogP contribution < -0.4 is 0 Å². The number of hydrogen-bond acceptors (Lipinski definition) is 5. The van der Waals surface area contributed by atoms with Gasteiger partial charge in [0, 0.05) is 11.6 Å². The minimum atomic E-state index is -0.684. The number of para-hydroxylation sites is 1. The lowest BCUT2D eigenvalue weighted by Crippen LogP contribution is -2.20. The summed E-state index contributed by atoms with van der Waals surface area (Å²) in [5.41, 5.74) is 1.18. The number of ether oxygens (including phenoxy) is 2. The van der Waals surface area contributed by atoms with Gasteiger partial charge in [-0.1, -0.05) is 42.5 Å². The number of nitro benzene ring substituents is 1. The lowest BCUT2D eigenvalue weighted by atomic mass is 10.0. The van der Waals surface area contributed by atoms with Crippen molar-refractivity contribution in [1.29, 1.82) is 0 Å². The molecule has 0 unspecified atom stereocenters. The Kier molecular flexibility index (Phi) is 4.15. The average Bonchev–Trinajstić information content (AvgIpc) is 3.00. The minimum Gasteiger partial charge on any atom is -0.394 e. The third kappa shape index (κ3) is 2.71. The van der Waals surface area contributed by atoms with Crippen molar-refractivity contribution in [1.82, 2.24) is 0 Å². The molecular weight excluding hydrogens is 286 g/mol. The second-order valence-corrected chi connectivity index (χ2v) is 4.97. The van der Waals surface area contributed by atoms with Gasteiger partial charge in [-0.3, -0.25) is 10.1 Å². The fourth-order valence-electron chi connectivity index (χ4n) is 2.56. The van der Waals surface area contributed by atoms with Crippen molar-refractivity contribution in [2.45, 2.75) is 18.5 Å². The number of aliphatic hydroxyl groups excluding tert-OH is 1. The molecule has 3 rings (SSSR count). The molecule has 0 saturated carbocycles. The first-order valence-electron chi connectivity index (χ1n) is 6.90. The molecule has 0 aliphatic carbocycles. The fraction of sp³-hybridized carbons (Fsp3) is 0.250. The molecule has 2 aromatic carbocycles. The third-order valence-corrected chi connectivity index (χ3v) is 3.60. The summed E-state index contributed by atoms with van der Waals surface area (Å²) in [5.74, 6) is 0. The van der Waals surface area contributed by atoms with E-state index in [0.717, 1.165) is 5.56 Å². The van der Waals surface area contributed by atoms with Crippen LogP contribution in [0.15, 0.2) is 54.6 Å². The Labute approximate surface area is 127 Å². The third-order valence-electron chi connectivity index (χ3n) is 3.60. The van der Waals surface area contributed by atoms with Gasteiger partial charge in [0.25, 0.3) is 5.69 Å². The number of rotatable bonds is 4. The van der Waals surface area contributed by atoms with Crippen molar-refractivity contribution in [2.75, 3.05) is 6.61 Å². The number of aliphatic hydroxyl groups is 1. The summed E-state index contributed by atoms with van der Waals surface area (Å²) in [6, 6.07) is 15.6. The van der Waals surface area contributed by atoms with Crippen molar-refractivity contribution >= 4 is 5.69 Å². The van der Waals surface area contributed by atoms with Crippen LogP contribution in [0.25, 0.3) is 0 Å². The molecule has 6 nitrogen and oxygen atoms in total. The summed E-state index contributed by atoms with van der Waals surface area (Å²) >= 11 is 0. The Balaban J connectivity index is 1.92. The molecule has 2 aromatic rings. The maximum Gasteiger partial charge on any atom is 0.275 e. The predicted molar refractivity (Wildman–Crippen MR) is 78.1 cm³/mol. The zero-order valence-electron chi connectivity index (χ0n) is 11.7. The summed E-state index contributed by atoms with van der Waals surface area (Å²) in [6.45, 7) is -0.278. The van der Waals surface area contributed by atoms with Crippen LogP contribution >= 0.6 is 0 Å². The molecule has 1 heterocycles. The second-order valence-electron chi connectivity index (χ2n) is 4.97. The highest BCUT2D eigenvalue weighted by atomic mass is 16.7. The summed E-state index contributed by atoms with van der Waals surface area (Å²) in [6.07, 6.45) is -1.98. The smallest absolute Gasteiger partial charge is 0.275 e. The molecule has 0 radical (unpaired) electrons. The zero-order chi connectivity index (χ0) is 15.5. The van der Waals surface area contributed by atoms with Crippen LogP contribution in [0.4, 0.5) is 5.69 Å². The maximum absolute atomic E-state index is 11.2. The molecule has 1 aliphatic rings. The first-order valence-corrected chi connectivity index (χ1v) is 6.90. The molecule has 1 N–H and O–H groups in total. The first-order chi connectivity index (χ1) is 10.7. The van der Waals surface area contributed by atoms with Crippen molar-refractivity contribution < 1.29 is 19.5 Å². The van der Waals surface area contributed by atoms with Gasteiger partial charge in [-0.25, -0.2) is 0 Å². The maximum atomic E-state index is 11.2. The molecule has 0 spiro atoms. The van der Waals surface area contributed by atoms with E-state index in [2.05, 4.69) is 0 Å². The molecule has 0 aromatic heterocycles.